The molecular formula is C23H19NO. The van der Waals surface area contributed by atoms with E-state index in [0.29, 0.717) is 25.7 Å². The molecule has 2 heteroatoms. The second-order valence-electron chi connectivity index (χ2n) is 6.80. The van der Waals surface area contributed by atoms with Gasteiger partial charge in [-0.3, -0.25) is 4.79 Å². The molecule has 0 N–H and O–H groups in total. The maximum Gasteiger partial charge on any atom is 0.133 e. The first-order chi connectivity index (χ1) is 12.2. The number of nitriles is 1. The van der Waals surface area contributed by atoms with Crippen molar-refractivity contribution in [3.63, 3.8) is 0 Å². The van der Waals surface area contributed by atoms with Crippen LogP contribution in [0.4, 0.5) is 0 Å². The highest BCUT2D eigenvalue weighted by Crippen LogP contribution is 2.43. The van der Waals surface area contributed by atoms with Crippen molar-refractivity contribution in [1.82, 2.24) is 0 Å². The molecule has 0 aromatic heterocycles. The van der Waals surface area contributed by atoms with Crippen molar-refractivity contribution in [2.45, 2.75) is 31.1 Å². The van der Waals surface area contributed by atoms with Gasteiger partial charge in [0, 0.05) is 12.8 Å². The van der Waals surface area contributed by atoms with E-state index in [2.05, 4.69) is 48.5 Å². The SMILES string of the molecule is N#CC1(c2ccccc2-c2cccc3ccccc23)CCC(=O)CC1. The molecule has 0 heterocycles. The van der Waals surface area contributed by atoms with Crippen LogP contribution in [0.1, 0.15) is 31.2 Å². The minimum absolute atomic E-state index is 0.272. The Morgan fingerprint density at radius 1 is 0.800 bits per heavy atom. The third-order valence-corrected chi connectivity index (χ3v) is 5.40. The van der Waals surface area contributed by atoms with Crippen LogP contribution in [0.15, 0.2) is 66.7 Å². The summed E-state index contributed by atoms with van der Waals surface area (Å²) in [7, 11) is 0. The van der Waals surface area contributed by atoms with Gasteiger partial charge in [0.1, 0.15) is 5.78 Å². The quantitative estimate of drug-likeness (QED) is 0.632. The third-order valence-electron chi connectivity index (χ3n) is 5.40. The molecule has 2 nitrogen and oxygen atoms in total. The second-order valence-corrected chi connectivity index (χ2v) is 6.80. The summed E-state index contributed by atoms with van der Waals surface area (Å²) in [6.07, 6.45) is 2.23. The number of hydrogen-bond acceptors (Lipinski definition) is 2. The van der Waals surface area contributed by atoms with E-state index in [9.17, 15) is 10.1 Å². The fourth-order valence-corrected chi connectivity index (χ4v) is 3.99. The van der Waals surface area contributed by atoms with Crippen molar-refractivity contribution >= 4 is 16.6 Å². The average Bonchev–Trinajstić information content (AvgIpc) is 2.69. The summed E-state index contributed by atoms with van der Waals surface area (Å²) in [5.41, 5.74) is 2.75. The number of fused-ring (bicyclic) bond motifs is 1. The maximum atomic E-state index is 11.7. The number of ketones is 1. The summed E-state index contributed by atoms with van der Waals surface area (Å²) in [6.45, 7) is 0. The number of benzene rings is 3. The molecule has 3 aromatic rings. The fourth-order valence-electron chi connectivity index (χ4n) is 3.99. The van der Waals surface area contributed by atoms with Crippen LogP contribution in [-0.4, -0.2) is 5.78 Å². The van der Waals surface area contributed by atoms with E-state index < -0.39 is 5.41 Å². The molecule has 122 valence electrons. The molecule has 0 amide bonds. The normalized spacial score (nSPS) is 16.5. The molecule has 1 aliphatic carbocycles. The lowest BCUT2D eigenvalue weighted by molar-refractivity contribution is -0.120. The van der Waals surface area contributed by atoms with Gasteiger partial charge < -0.3 is 0 Å². The zero-order chi connectivity index (χ0) is 17.3. The van der Waals surface area contributed by atoms with Crippen LogP contribution in [-0.2, 0) is 10.2 Å². The van der Waals surface area contributed by atoms with Crippen molar-refractivity contribution in [3.8, 4) is 17.2 Å². The number of nitrogens with zero attached hydrogens (tertiary/aromatic N) is 1. The molecule has 0 bridgehead atoms. The number of carbonyl (C=O) groups is 1. The summed E-state index contributed by atoms with van der Waals surface area (Å²) in [6, 6.07) is 25.4. The van der Waals surface area contributed by atoms with E-state index in [1.165, 1.54) is 10.8 Å². The van der Waals surface area contributed by atoms with Crippen molar-refractivity contribution < 1.29 is 4.79 Å². The Morgan fingerprint density at radius 2 is 1.44 bits per heavy atom. The van der Waals surface area contributed by atoms with Crippen LogP contribution in [0.3, 0.4) is 0 Å². The molecule has 25 heavy (non-hydrogen) atoms. The predicted octanol–water partition coefficient (Wildman–Crippen LogP) is 5.41. The van der Waals surface area contributed by atoms with Crippen molar-refractivity contribution in [3.05, 3.63) is 72.3 Å². The standard InChI is InChI=1S/C23H19NO/c24-16-23(14-12-18(25)13-15-23)22-11-4-3-9-21(22)20-10-5-7-17-6-1-2-8-19(17)20/h1-11H,12-15H2. The Kier molecular flexibility index (Phi) is 3.86. The van der Waals surface area contributed by atoms with Crippen LogP contribution in [0.2, 0.25) is 0 Å². The summed E-state index contributed by atoms with van der Waals surface area (Å²) in [5, 5.41) is 12.4. The molecule has 4 rings (SSSR count). The lowest BCUT2D eigenvalue weighted by Gasteiger charge is -2.32. The van der Waals surface area contributed by atoms with Crippen molar-refractivity contribution in [2.75, 3.05) is 0 Å². The van der Waals surface area contributed by atoms with Gasteiger partial charge in [-0.05, 0) is 40.3 Å². The van der Waals surface area contributed by atoms with Crippen LogP contribution in [0.25, 0.3) is 21.9 Å². The minimum Gasteiger partial charge on any atom is -0.300 e. The van der Waals surface area contributed by atoms with E-state index in [4.69, 9.17) is 0 Å². The third kappa shape index (κ3) is 2.62. The molecule has 0 aliphatic heterocycles. The highest BCUT2D eigenvalue weighted by Gasteiger charge is 2.38. The van der Waals surface area contributed by atoms with Crippen LogP contribution in [0.5, 0.6) is 0 Å². The zero-order valence-corrected chi connectivity index (χ0v) is 14.0. The molecule has 1 aliphatic rings. The fraction of sp³-hybridized carbons (Fsp3) is 0.217. The summed E-state index contributed by atoms with van der Waals surface area (Å²) in [5.74, 6) is 0.272. The smallest absolute Gasteiger partial charge is 0.133 e. The van der Waals surface area contributed by atoms with Gasteiger partial charge in [-0.2, -0.15) is 5.26 Å². The largest absolute Gasteiger partial charge is 0.300 e. The van der Waals surface area contributed by atoms with Gasteiger partial charge in [0.2, 0.25) is 0 Å². The first-order valence-electron chi connectivity index (χ1n) is 8.74. The molecule has 0 saturated heterocycles. The van der Waals surface area contributed by atoms with E-state index in [1.807, 2.05) is 24.3 Å². The number of carbonyl (C=O) groups excluding carboxylic acids is 1. The maximum absolute atomic E-state index is 11.7. The number of hydrogen-bond donors (Lipinski definition) is 0. The first kappa shape index (κ1) is 15.6. The predicted molar refractivity (Wildman–Crippen MR) is 100 cm³/mol. The number of rotatable bonds is 2. The van der Waals surface area contributed by atoms with Crippen molar-refractivity contribution in [1.29, 1.82) is 5.26 Å². The van der Waals surface area contributed by atoms with Gasteiger partial charge in [0.05, 0.1) is 11.5 Å². The molecule has 0 radical (unpaired) electrons. The van der Waals surface area contributed by atoms with E-state index in [0.717, 1.165) is 16.7 Å². The van der Waals surface area contributed by atoms with E-state index >= 15 is 0 Å². The van der Waals surface area contributed by atoms with E-state index in [1.54, 1.807) is 0 Å². The Balaban J connectivity index is 1.93. The Hall–Kier alpha value is -2.92. The zero-order valence-electron chi connectivity index (χ0n) is 14.0. The minimum atomic E-state index is -0.568. The van der Waals surface area contributed by atoms with Gasteiger partial charge in [-0.1, -0.05) is 66.7 Å². The summed E-state index contributed by atoms with van der Waals surface area (Å²) < 4.78 is 0. The average molecular weight is 325 g/mol. The number of Topliss-reactive ketones (excluding diaryl/α,β-unsaturated/α-hetero) is 1. The van der Waals surface area contributed by atoms with Gasteiger partial charge in [0.25, 0.3) is 0 Å². The Morgan fingerprint density at radius 3 is 2.24 bits per heavy atom. The van der Waals surface area contributed by atoms with Crippen molar-refractivity contribution in [2.24, 2.45) is 0 Å². The monoisotopic (exact) mass is 325 g/mol. The van der Waals surface area contributed by atoms with E-state index in [-0.39, 0.29) is 5.78 Å². The lowest BCUT2D eigenvalue weighted by atomic mass is 9.68. The van der Waals surface area contributed by atoms with Gasteiger partial charge in [0.15, 0.2) is 0 Å². The summed E-state index contributed by atoms with van der Waals surface area (Å²) >= 11 is 0. The van der Waals surface area contributed by atoms with Gasteiger partial charge in [-0.15, -0.1) is 0 Å². The van der Waals surface area contributed by atoms with Crippen LogP contribution < -0.4 is 0 Å². The second kappa shape index (κ2) is 6.18. The topological polar surface area (TPSA) is 40.9 Å². The van der Waals surface area contributed by atoms with Gasteiger partial charge >= 0.3 is 0 Å². The lowest BCUT2D eigenvalue weighted by Crippen LogP contribution is -2.31. The Bertz CT molecular complexity index is 981. The van der Waals surface area contributed by atoms with Gasteiger partial charge in [-0.25, -0.2) is 0 Å². The molecular weight excluding hydrogens is 306 g/mol. The molecule has 1 fully saturated rings. The Labute approximate surface area is 147 Å². The molecule has 1 saturated carbocycles. The molecule has 0 atom stereocenters. The van der Waals surface area contributed by atoms with Crippen LogP contribution >= 0.6 is 0 Å². The molecule has 0 unspecified atom stereocenters. The molecule has 0 spiro atoms. The highest BCUT2D eigenvalue weighted by atomic mass is 16.1. The highest BCUT2D eigenvalue weighted by molar-refractivity contribution is 5.97. The molecule has 3 aromatic carbocycles. The van der Waals surface area contributed by atoms with Crippen LogP contribution in [0, 0.1) is 11.3 Å². The first-order valence-corrected chi connectivity index (χ1v) is 8.74. The summed E-state index contributed by atoms with van der Waals surface area (Å²) in [4.78, 5) is 11.7.